The number of benzene rings is 1. The molecule has 2 aromatic rings. The largest absolute Gasteiger partial charge is 0.337 e. The molecule has 0 unspecified atom stereocenters. The highest BCUT2D eigenvalue weighted by atomic mass is 32.2. The Morgan fingerprint density at radius 1 is 1.27 bits per heavy atom. The number of nitrogens with zero attached hydrogens (tertiary/aromatic N) is 1. The van der Waals surface area contributed by atoms with Crippen LogP contribution in [0.3, 0.4) is 0 Å². The number of urea groups is 1. The summed E-state index contributed by atoms with van der Waals surface area (Å²) in [6.45, 7) is 4.57. The van der Waals surface area contributed by atoms with E-state index in [0.29, 0.717) is 12.2 Å². The number of thiazole rings is 1. The highest BCUT2D eigenvalue weighted by Gasteiger charge is 2.05. The third kappa shape index (κ3) is 4.64. The van der Waals surface area contributed by atoms with Crippen LogP contribution in [0.25, 0.3) is 0 Å². The summed E-state index contributed by atoms with van der Waals surface area (Å²) in [6, 6.07) is 6.71. The van der Waals surface area contributed by atoms with Gasteiger partial charge in [-0.15, -0.1) is 11.3 Å². The van der Waals surface area contributed by atoms with Gasteiger partial charge in [-0.25, -0.2) is 9.78 Å². The molecular weight excluding hydrogens is 318 g/mol. The predicted molar refractivity (Wildman–Crippen MR) is 91.1 cm³/mol. The summed E-state index contributed by atoms with van der Waals surface area (Å²) >= 11 is 1.66. The third-order valence-corrected chi connectivity index (χ3v) is 5.21. The van der Waals surface area contributed by atoms with Crippen LogP contribution in [-0.2, 0) is 17.2 Å². The standard InChI is InChI=1S/C15H19N3O2S2/c1-10-11(2)21-14(17-10)8-9-16-15(19)18-12-4-6-13(7-5-12)22(3)20/h4-7H,8-9H2,1-3H3,(H2,16,18,19)/t22-/m0/s1. The number of carbonyl (C=O) groups is 1. The van der Waals surface area contributed by atoms with Gasteiger partial charge in [0, 0.05) is 45.5 Å². The number of carbonyl (C=O) groups excluding carboxylic acids is 1. The molecule has 0 aliphatic heterocycles. The molecule has 0 aliphatic carbocycles. The Morgan fingerprint density at radius 2 is 1.95 bits per heavy atom. The van der Waals surface area contributed by atoms with Crippen molar-refractivity contribution in [2.45, 2.75) is 25.2 Å². The number of hydrogen-bond donors (Lipinski definition) is 2. The lowest BCUT2D eigenvalue weighted by Crippen LogP contribution is -2.30. The average Bonchev–Trinajstić information content (AvgIpc) is 2.78. The summed E-state index contributed by atoms with van der Waals surface area (Å²) in [5.74, 6) is 0. The fourth-order valence-electron chi connectivity index (χ4n) is 1.83. The zero-order valence-corrected chi connectivity index (χ0v) is 14.4. The maximum absolute atomic E-state index is 11.8. The molecule has 7 heteroatoms. The van der Waals surface area contributed by atoms with E-state index in [4.69, 9.17) is 0 Å². The first-order valence-electron chi connectivity index (χ1n) is 6.87. The number of anilines is 1. The Kier molecular flexibility index (Phi) is 5.68. The Hall–Kier alpha value is -1.73. The van der Waals surface area contributed by atoms with E-state index >= 15 is 0 Å². The molecule has 22 heavy (non-hydrogen) atoms. The van der Waals surface area contributed by atoms with Gasteiger partial charge in [0.1, 0.15) is 0 Å². The quantitative estimate of drug-likeness (QED) is 0.881. The molecule has 1 aromatic heterocycles. The van der Waals surface area contributed by atoms with Crippen molar-refractivity contribution in [3.05, 3.63) is 39.8 Å². The predicted octanol–water partition coefficient (Wildman–Crippen LogP) is 2.86. The third-order valence-electron chi connectivity index (χ3n) is 3.14. The molecule has 2 N–H and O–H groups in total. The lowest BCUT2D eigenvalue weighted by Gasteiger charge is -2.07. The lowest BCUT2D eigenvalue weighted by molar-refractivity contribution is 0.252. The molecule has 0 spiro atoms. The fourth-order valence-corrected chi connectivity index (χ4v) is 3.29. The van der Waals surface area contributed by atoms with E-state index in [1.807, 2.05) is 13.8 Å². The normalized spacial score (nSPS) is 12.0. The van der Waals surface area contributed by atoms with E-state index in [1.54, 1.807) is 41.9 Å². The molecule has 0 fully saturated rings. The molecule has 5 nitrogen and oxygen atoms in total. The van der Waals surface area contributed by atoms with Gasteiger partial charge in [0.2, 0.25) is 0 Å². The molecular formula is C15H19N3O2S2. The van der Waals surface area contributed by atoms with Crippen LogP contribution in [-0.4, -0.2) is 28.0 Å². The first-order chi connectivity index (χ1) is 10.5. The maximum Gasteiger partial charge on any atom is 0.319 e. The second-order valence-electron chi connectivity index (χ2n) is 4.86. The molecule has 0 bridgehead atoms. The average molecular weight is 337 g/mol. The molecule has 2 rings (SSSR count). The molecule has 1 atom stereocenters. The number of aryl methyl sites for hydroxylation is 2. The van der Waals surface area contributed by atoms with E-state index in [9.17, 15) is 9.00 Å². The van der Waals surface area contributed by atoms with Gasteiger partial charge in [-0.2, -0.15) is 0 Å². The minimum atomic E-state index is -1.01. The number of aromatic nitrogens is 1. The van der Waals surface area contributed by atoms with Crippen LogP contribution < -0.4 is 10.6 Å². The fraction of sp³-hybridized carbons (Fsp3) is 0.333. The van der Waals surface area contributed by atoms with Crippen molar-refractivity contribution < 1.29 is 9.00 Å². The van der Waals surface area contributed by atoms with Crippen LogP contribution in [0.5, 0.6) is 0 Å². The molecule has 0 saturated heterocycles. The zero-order valence-electron chi connectivity index (χ0n) is 12.8. The molecule has 118 valence electrons. The van der Waals surface area contributed by atoms with Crippen molar-refractivity contribution in [3.8, 4) is 0 Å². The second kappa shape index (κ2) is 7.51. The Balaban J connectivity index is 1.79. The van der Waals surface area contributed by atoms with Crippen LogP contribution in [0.2, 0.25) is 0 Å². The van der Waals surface area contributed by atoms with Gasteiger partial charge in [-0.05, 0) is 38.1 Å². The number of nitrogens with one attached hydrogen (secondary N) is 2. The molecule has 2 amide bonds. The van der Waals surface area contributed by atoms with Crippen LogP contribution in [0.1, 0.15) is 15.6 Å². The van der Waals surface area contributed by atoms with Crippen molar-refractivity contribution in [3.63, 3.8) is 0 Å². The van der Waals surface area contributed by atoms with Crippen LogP contribution in [0, 0.1) is 13.8 Å². The lowest BCUT2D eigenvalue weighted by atomic mass is 10.3. The summed E-state index contributed by atoms with van der Waals surface area (Å²) in [5, 5.41) is 6.58. The van der Waals surface area contributed by atoms with E-state index in [0.717, 1.165) is 22.0 Å². The maximum atomic E-state index is 11.8. The second-order valence-corrected chi connectivity index (χ2v) is 7.53. The SMILES string of the molecule is Cc1nc(CCNC(=O)Nc2ccc([S@](C)=O)cc2)sc1C. The summed E-state index contributed by atoms with van der Waals surface area (Å²) in [4.78, 5) is 18.2. The van der Waals surface area contributed by atoms with Gasteiger partial charge in [-0.1, -0.05) is 0 Å². The van der Waals surface area contributed by atoms with Gasteiger partial charge in [0.15, 0.2) is 0 Å². The Bertz CT molecular complexity index is 661. The van der Waals surface area contributed by atoms with E-state index in [1.165, 1.54) is 4.88 Å². The first kappa shape index (κ1) is 16.6. The topological polar surface area (TPSA) is 71.1 Å². The van der Waals surface area contributed by atoms with Crippen molar-refractivity contribution in [1.29, 1.82) is 0 Å². The molecule has 0 aliphatic rings. The van der Waals surface area contributed by atoms with Crippen molar-refractivity contribution in [2.75, 3.05) is 18.1 Å². The van der Waals surface area contributed by atoms with Crippen LogP contribution in [0.15, 0.2) is 29.2 Å². The van der Waals surface area contributed by atoms with Crippen molar-refractivity contribution in [2.24, 2.45) is 0 Å². The van der Waals surface area contributed by atoms with Gasteiger partial charge in [0.05, 0.1) is 10.7 Å². The van der Waals surface area contributed by atoms with Crippen LogP contribution in [0.4, 0.5) is 10.5 Å². The summed E-state index contributed by atoms with van der Waals surface area (Å²) in [5.41, 5.74) is 1.73. The Labute approximate surface area is 136 Å². The van der Waals surface area contributed by atoms with Crippen LogP contribution >= 0.6 is 11.3 Å². The van der Waals surface area contributed by atoms with Gasteiger partial charge in [-0.3, -0.25) is 4.21 Å². The minimum absolute atomic E-state index is 0.254. The summed E-state index contributed by atoms with van der Waals surface area (Å²) in [7, 11) is -1.01. The van der Waals surface area contributed by atoms with Gasteiger partial charge < -0.3 is 10.6 Å². The highest BCUT2D eigenvalue weighted by molar-refractivity contribution is 7.84. The summed E-state index contributed by atoms with van der Waals surface area (Å²) in [6.07, 6.45) is 2.34. The monoisotopic (exact) mass is 337 g/mol. The molecule has 1 heterocycles. The van der Waals surface area contributed by atoms with E-state index < -0.39 is 10.8 Å². The number of hydrogen-bond acceptors (Lipinski definition) is 4. The van der Waals surface area contributed by atoms with Crippen molar-refractivity contribution in [1.82, 2.24) is 10.3 Å². The summed E-state index contributed by atoms with van der Waals surface area (Å²) < 4.78 is 11.3. The molecule has 0 radical (unpaired) electrons. The molecule has 1 aromatic carbocycles. The molecule has 0 saturated carbocycles. The van der Waals surface area contributed by atoms with Crippen molar-refractivity contribution >= 4 is 33.9 Å². The highest BCUT2D eigenvalue weighted by Crippen LogP contribution is 2.16. The first-order valence-corrected chi connectivity index (χ1v) is 9.24. The number of amides is 2. The Morgan fingerprint density at radius 3 is 2.50 bits per heavy atom. The van der Waals surface area contributed by atoms with Gasteiger partial charge in [0.25, 0.3) is 0 Å². The zero-order chi connectivity index (χ0) is 16.1. The van der Waals surface area contributed by atoms with E-state index in [-0.39, 0.29) is 6.03 Å². The number of rotatable bonds is 5. The minimum Gasteiger partial charge on any atom is -0.337 e. The van der Waals surface area contributed by atoms with Gasteiger partial charge >= 0.3 is 6.03 Å². The van der Waals surface area contributed by atoms with E-state index in [2.05, 4.69) is 15.6 Å². The smallest absolute Gasteiger partial charge is 0.319 e.